The van der Waals surface area contributed by atoms with E-state index in [0.717, 1.165) is 38.5 Å². The molecule has 0 saturated carbocycles. The minimum Gasteiger partial charge on any atom is -0.462 e. The van der Waals surface area contributed by atoms with Crippen LogP contribution in [0.15, 0.2) is 24.3 Å². The lowest BCUT2D eigenvalue weighted by atomic mass is 10.0. The number of hydrogen-bond acceptors (Lipinski definition) is 8. The van der Waals surface area contributed by atoms with Gasteiger partial charge in [0.05, 0.1) is 13.2 Å². The standard InChI is InChI=1S/C82H160NO8P/c1-3-5-7-9-11-13-15-17-19-21-23-25-27-29-31-33-35-37-38-39-40-41-43-44-46-48-50-52-54-56-58-60-62-64-66-68-70-72-74-81(84)88-78-80(79-90-92(86,87)89-77-76-83)91-82(85)75-73-71-69-67-65-63-61-59-57-55-53-51-49-47-45-42-36-34-32-30-28-26-24-22-20-18-16-14-12-10-8-6-4-2/h16,18,22,24,80H,3-15,17,19-21,23,25-79,83H2,1-2H3,(H,86,87)/b18-16-,24-22-. The molecule has 0 aromatic heterocycles. The minimum absolute atomic E-state index is 0.0574. The number of rotatable bonds is 80. The molecule has 0 aliphatic carbocycles. The summed E-state index contributed by atoms with van der Waals surface area (Å²) in [6, 6.07) is 0. The van der Waals surface area contributed by atoms with Crippen LogP contribution in [0.2, 0.25) is 0 Å². The van der Waals surface area contributed by atoms with Crippen molar-refractivity contribution in [1.82, 2.24) is 0 Å². The van der Waals surface area contributed by atoms with Crippen LogP contribution in [0, 0.1) is 0 Å². The van der Waals surface area contributed by atoms with E-state index in [9.17, 15) is 19.0 Å². The highest BCUT2D eigenvalue weighted by molar-refractivity contribution is 7.47. The molecule has 0 bridgehead atoms. The van der Waals surface area contributed by atoms with Gasteiger partial charge >= 0.3 is 19.8 Å². The summed E-state index contributed by atoms with van der Waals surface area (Å²) in [7, 11) is -4.39. The third kappa shape index (κ3) is 77.5. The Morgan fingerprint density at radius 1 is 0.326 bits per heavy atom. The monoisotopic (exact) mass is 1320 g/mol. The average Bonchev–Trinajstić information content (AvgIpc) is 3.01. The molecule has 546 valence electrons. The summed E-state index contributed by atoms with van der Waals surface area (Å²) in [5, 5.41) is 0. The van der Waals surface area contributed by atoms with Crippen LogP contribution in [0.4, 0.5) is 0 Å². The van der Waals surface area contributed by atoms with Crippen LogP contribution >= 0.6 is 7.82 Å². The summed E-state index contributed by atoms with van der Waals surface area (Å²) in [5.41, 5.74) is 5.42. The molecule has 2 unspecified atom stereocenters. The zero-order valence-electron chi connectivity index (χ0n) is 61.8. The zero-order valence-corrected chi connectivity index (χ0v) is 62.7. The summed E-state index contributed by atoms with van der Waals surface area (Å²) in [6.45, 7) is 3.83. The van der Waals surface area contributed by atoms with Crippen molar-refractivity contribution < 1.29 is 37.6 Å². The molecule has 0 fully saturated rings. The average molecular weight is 1320 g/mol. The zero-order chi connectivity index (χ0) is 66.5. The highest BCUT2D eigenvalue weighted by Gasteiger charge is 2.26. The van der Waals surface area contributed by atoms with Crippen LogP contribution < -0.4 is 5.73 Å². The van der Waals surface area contributed by atoms with E-state index in [1.165, 1.54) is 385 Å². The van der Waals surface area contributed by atoms with Crippen molar-refractivity contribution in [2.45, 2.75) is 463 Å². The highest BCUT2D eigenvalue weighted by Crippen LogP contribution is 2.43. The van der Waals surface area contributed by atoms with Gasteiger partial charge in [0.2, 0.25) is 0 Å². The Labute approximate surface area is 573 Å². The van der Waals surface area contributed by atoms with Crippen LogP contribution in [-0.2, 0) is 32.7 Å². The first-order valence-electron chi connectivity index (χ1n) is 41.3. The van der Waals surface area contributed by atoms with Gasteiger partial charge in [0.1, 0.15) is 6.61 Å². The summed E-state index contributed by atoms with van der Waals surface area (Å²) >= 11 is 0. The minimum atomic E-state index is -4.39. The van der Waals surface area contributed by atoms with E-state index in [1.807, 2.05) is 0 Å². The maximum absolute atomic E-state index is 12.8. The fourth-order valence-corrected chi connectivity index (χ4v) is 13.7. The topological polar surface area (TPSA) is 134 Å². The van der Waals surface area contributed by atoms with Crippen molar-refractivity contribution in [2.75, 3.05) is 26.4 Å². The number of esters is 2. The molecule has 0 radical (unpaired) electrons. The van der Waals surface area contributed by atoms with E-state index < -0.39 is 26.5 Å². The molecular weight excluding hydrogens is 1160 g/mol. The van der Waals surface area contributed by atoms with Gasteiger partial charge in [-0.2, -0.15) is 0 Å². The first-order chi connectivity index (χ1) is 45.3. The predicted octanol–water partition coefficient (Wildman–Crippen LogP) is 27.6. The largest absolute Gasteiger partial charge is 0.472 e. The number of carbonyl (C=O) groups excluding carboxylic acids is 2. The van der Waals surface area contributed by atoms with Crippen LogP contribution in [0.5, 0.6) is 0 Å². The number of phosphoric ester groups is 1. The van der Waals surface area contributed by atoms with E-state index in [0.29, 0.717) is 6.42 Å². The van der Waals surface area contributed by atoms with E-state index in [2.05, 4.69) is 38.2 Å². The lowest BCUT2D eigenvalue weighted by Crippen LogP contribution is -2.29. The van der Waals surface area contributed by atoms with Crippen molar-refractivity contribution >= 4 is 19.8 Å². The maximum Gasteiger partial charge on any atom is 0.472 e. The number of nitrogens with two attached hydrogens (primary N) is 1. The van der Waals surface area contributed by atoms with E-state index in [-0.39, 0.29) is 38.6 Å². The van der Waals surface area contributed by atoms with Gasteiger partial charge in [0.15, 0.2) is 6.10 Å². The van der Waals surface area contributed by atoms with E-state index >= 15 is 0 Å². The Hall–Kier alpha value is -1.51. The summed E-state index contributed by atoms with van der Waals surface area (Å²) in [6.07, 6.45) is 99.1. The fourth-order valence-electron chi connectivity index (χ4n) is 13.0. The molecule has 0 rings (SSSR count). The van der Waals surface area contributed by atoms with Crippen molar-refractivity contribution in [3.8, 4) is 0 Å². The number of phosphoric acid groups is 1. The third-order valence-corrected chi connectivity index (χ3v) is 20.1. The fraction of sp³-hybridized carbons (Fsp3) is 0.927. The Kier molecular flexibility index (Phi) is 77.2. The van der Waals surface area contributed by atoms with Gasteiger partial charge in [0, 0.05) is 19.4 Å². The predicted molar refractivity (Wildman–Crippen MR) is 400 cm³/mol. The lowest BCUT2D eigenvalue weighted by molar-refractivity contribution is -0.161. The van der Waals surface area contributed by atoms with E-state index in [4.69, 9.17) is 24.3 Å². The van der Waals surface area contributed by atoms with Gasteiger partial charge < -0.3 is 20.1 Å². The normalized spacial score (nSPS) is 12.9. The van der Waals surface area contributed by atoms with Gasteiger partial charge in [0.25, 0.3) is 0 Å². The molecule has 92 heavy (non-hydrogen) atoms. The highest BCUT2D eigenvalue weighted by atomic mass is 31.2. The van der Waals surface area contributed by atoms with Crippen LogP contribution in [0.25, 0.3) is 0 Å². The van der Waals surface area contributed by atoms with Crippen LogP contribution in [0.3, 0.4) is 0 Å². The molecule has 0 amide bonds. The molecule has 3 N–H and O–H groups in total. The number of unbranched alkanes of at least 4 members (excludes halogenated alkanes) is 63. The van der Waals surface area contributed by atoms with E-state index in [1.54, 1.807) is 0 Å². The summed E-state index contributed by atoms with van der Waals surface area (Å²) in [4.78, 5) is 35.5. The Balaban J connectivity index is 3.72. The molecule has 0 aromatic rings. The maximum atomic E-state index is 12.8. The van der Waals surface area contributed by atoms with Crippen LogP contribution in [0.1, 0.15) is 457 Å². The van der Waals surface area contributed by atoms with Crippen molar-refractivity contribution in [2.24, 2.45) is 5.73 Å². The quantitative estimate of drug-likeness (QED) is 0.0264. The number of hydrogen-bond donors (Lipinski definition) is 2. The van der Waals surface area contributed by atoms with Crippen molar-refractivity contribution in [3.63, 3.8) is 0 Å². The number of ether oxygens (including phenoxy) is 2. The molecular formula is C82H160NO8P. The molecule has 0 aliphatic rings. The molecule has 0 spiro atoms. The van der Waals surface area contributed by atoms with Gasteiger partial charge in [-0.15, -0.1) is 0 Å². The van der Waals surface area contributed by atoms with Crippen LogP contribution in [-0.4, -0.2) is 49.3 Å². The number of allylic oxidation sites excluding steroid dienone is 4. The van der Waals surface area contributed by atoms with Gasteiger partial charge in [-0.3, -0.25) is 18.6 Å². The second-order valence-corrected chi connectivity index (χ2v) is 29.8. The van der Waals surface area contributed by atoms with Crippen molar-refractivity contribution in [1.29, 1.82) is 0 Å². The second-order valence-electron chi connectivity index (χ2n) is 28.4. The molecule has 10 heteroatoms. The summed E-state index contributed by atoms with van der Waals surface area (Å²) < 4.78 is 33.3. The first-order valence-corrected chi connectivity index (χ1v) is 42.8. The molecule has 0 aliphatic heterocycles. The molecule has 0 heterocycles. The third-order valence-electron chi connectivity index (χ3n) is 19.1. The Bertz CT molecular complexity index is 1560. The molecule has 9 nitrogen and oxygen atoms in total. The molecule has 2 atom stereocenters. The second kappa shape index (κ2) is 78.5. The molecule has 0 aromatic carbocycles. The number of carbonyl (C=O) groups is 2. The SMILES string of the molecule is CCCCCCC/C=C\C/C=C\CCCCCCCCCCCCCCCCCCCCCCCC(=O)OC(COC(=O)CCCCCCCCCCCCCCCCCCCCCCCCCCCCCCCCCCCCCCCC)COP(=O)(O)OCCN. The lowest BCUT2D eigenvalue weighted by Gasteiger charge is -2.19. The smallest absolute Gasteiger partial charge is 0.462 e. The Morgan fingerprint density at radius 3 is 0.826 bits per heavy atom. The van der Waals surface area contributed by atoms with Gasteiger partial charge in [-0.25, -0.2) is 4.57 Å². The summed E-state index contributed by atoms with van der Waals surface area (Å²) in [5.74, 6) is -0.798. The first kappa shape index (κ1) is 90.5. The van der Waals surface area contributed by atoms with Gasteiger partial charge in [-0.05, 0) is 44.9 Å². The Morgan fingerprint density at radius 2 is 0.565 bits per heavy atom. The van der Waals surface area contributed by atoms with Gasteiger partial charge in [-0.1, -0.05) is 423 Å². The molecule has 0 saturated heterocycles. The van der Waals surface area contributed by atoms with Crippen molar-refractivity contribution in [3.05, 3.63) is 24.3 Å².